The summed E-state index contributed by atoms with van der Waals surface area (Å²) in [5.74, 6) is 0.263. The summed E-state index contributed by atoms with van der Waals surface area (Å²) in [6.45, 7) is 1.04. The predicted octanol–water partition coefficient (Wildman–Crippen LogP) is 2.36. The first-order valence-corrected chi connectivity index (χ1v) is 10.1. The Hall–Kier alpha value is -4.08. The lowest BCUT2D eigenvalue weighted by atomic mass is 10.1. The van der Waals surface area contributed by atoms with E-state index in [1.807, 2.05) is 24.3 Å². The largest absolute Gasteiger partial charge is 0.461 e. The summed E-state index contributed by atoms with van der Waals surface area (Å²) in [5.41, 5.74) is 1.63. The zero-order valence-corrected chi connectivity index (χ0v) is 17.4. The molecule has 0 fully saturated rings. The Morgan fingerprint density at radius 3 is 1.56 bits per heavy atom. The van der Waals surface area contributed by atoms with Gasteiger partial charge in [-0.05, 0) is 29.3 Å². The van der Waals surface area contributed by atoms with Gasteiger partial charge in [0.2, 0.25) is 11.9 Å². The molecule has 0 spiro atoms. The van der Waals surface area contributed by atoms with E-state index >= 15 is 0 Å². The van der Waals surface area contributed by atoms with Crippen molar-refractivity contribution in [3.8, 4) is 0 Å². The number of anilines is 2. The van der Waals surface area contributed by atoms with E-state index in [0.717, 1.165) is 11.1 Å². The molecular formula is C22H24N6O4. The molecule has 1 aromatic carbocycles. The van der Waals surface area contributed by atoms with Crippen LogP contribution in [0.25, 0.3) is 0 Å². The fourth-order valence-corrected chi connectivity index (χ4v) is 2.61. The third kappa shape index (κ3) is 8.34. The number of benzene rings is 1. The van der Waals surface area contributed by atoms with Crippen LogP contribution in [-0.2, 0) is 32.3 Å². The Labute approximate surface area is 185 Å². The average Bonchev–Trinajstić information content (AvgIpc) is 2.83. The molecule has 32 heavy (non-hydrogen) atoms. The second kappa shape index (κ2) is 12.6. The van der Waals surface area contributed by atoms with Crippen LogP contribution >= 0.6 is 0 Å². The second-order valence-electron chi connectivity index (χ2n) is 6.64. The number of hydrogen-bond donors (Lipinski definition) is 2. The lowest BCUT2D eigenvalue weighted by Gasteiger charge is -2.09. The SMILES string of the molecule is O=C(CCNc1ncccn1)OCc1cccc(COC(=O)CCNc2ncccn2)c1. The van der Waals surface area contributed by atoms with E-state index in [1.165, 1.54) is 0 Å². The lowest BCUT2D eigenvalue weighted by molar-refractivity contribution is -0.145. The van der Waals surface area contributed by atoms with Gasteiger partial charge in [0.1, 0.15) is 13.2 Å². The number of esters is 2. The Balaban J connectivity index is 1.32. The zero-order valence-electron chi connectivity index (χ0n) is 17.4. The van der Waals surface area contributed by atoms with E-state index in [1.54, 1.807) is 36.9 Å². The van der Waals surface area contributed by atoms with Crippen LogP contribution in [0.15, 0.2) is 61.2 Å². The van der Waals surface area contributed by atoms with Crippen LogP contribution in [0.2, 0.25) is 0 Å². The van der Waals surface area contributed by atoms with Crippen LogP contribution in [0, 0.1) is 0 Å². The fraction of sp³-hybridized carbons (Fsp3) is 0.273. The molecule has 0 unspecified atom stereocenters. The second-order valence-corrected chi connectivity index (χ2v) is 6.64. The van der Waals surface area contributed by atoms with Gasteiger partial charge in [0.25, 0.3) is 0 Å². The van der Waals surface area contributed by atoms with E-state index < -0.39 is 0 Å². The van der Waals surface area contributed by atoms with Crippen molar-refractivity contribution in [3.63, 3.8) is 0 Å². The molecule has 3 aromatic rings. The molecule has 0 atom stereocenters. The first kappa shape index (κ1) is 22.6. The highest BCUT2D eigenvalue weighted by Crippen LogP contribution is 2.09. The number of rotatable bonds is 12. The van der Waals surface area contributed by atoms with E-state index in [4.69, 9.17) is 9.47 Å². The number of ether oxygens (including phenoxy) is 2. The molecule has 2 heterocycles. The highest BCUT2D eigenvalue weighted by Gasteiger charge is 2.07. The molecule has 10 heteroatoms. The molecule has 10 nitrogen and oxygen atoms in total. The normalized spacial score (nSPS) is 10.2. The van der Waals surface area contributed by atoms with Crippen molar-refractivity contribution in [2.75, 3.05) is 23.7 Å². The van der Waals surface area contributed by atoms with Crippen LogP contribution in [0.4, 0.5) is 11.9 Å². The van der Waals surface area contributed by atoms with Crippen LogP contribution in [0.3, 0.4) is 0 Å². The number of carbonyl (C=O) groups excluding carboxylic acids is 2. The van der Waals surface area contributed by atoms with Crippen molar-refractivity contribution in [3.05, 3.63) is 72.3 Å². The molecule has 0 radical (unpaired) electrons. The molecule has 0 saturated heterocycles. The zero-order chi connectivity index (χ0) is 22.4. The summed E-state index contributed by atoms with van der Waals surface area (Å²) in [6, 6.07) is 10.8. The van der Waals surface area contributed by atoms with Crippen molar-refractivity contribution in [1.82, 2.24) is 19.9 Å². The van der Waals surface area contributed by atoms with Crippen molar-refractivity contribution < 1.29 is 19.1 Å². The van der Waals surface area contributed by atoms with Crippen LogP contribution in [0.1, 0.15) is 24.0 Å². The van der Waals surface area contributed by atoms with Gasteiger partial charge in [-0.25, -0.2) is 19.9 Å². The van der Waals surface area contributed by atoms with Crippen LogP contribution in [0.5, 0.6) is 0 Å². The number of nitrogens with one attached hydrogen (secondary N) is 2. The molecule has 0 aliphatic carbocycles. The van der Waals surface area contributed by atoms with Crippen molar-refractivity contribution in [2.45, 2.75) is 26.1 Å². The standard InChI is InChI=1S/C22H24N6O4/c29-19(6-12-27-21-23-8-2-9-24-21)31-15-17-4-1-5-18(14-17)16-32-20(30)7-13-28-22-25-10-3-11-26-22/h1-5,8-11,14H,6-7,12-13,15-16H2,(H,23,24,27)(H,25,26,28). The van der Waals surface area contributed by atoms with E-state index in [9.17, 15) is 9.59 Å². The van der Waals surface area contributed by atoms with Crippen LogP contribution < -0.4 is 10.6 Å². The molecule has 0 saturated carbocycles. The Bertz CT molecular complexity index is 911. The molecule has 2 N–H and O–H groups in total. The number of aromatic nitrogens is 4. The maximum Gasteiger partial charge on any atom is 0.307 e. The Morgan fingerprint density at radius 1 is 0.688 bits per heavy atom. The summed E-state index contributed by atoms with van der Waals surface area (Å²) in [7, 11) is 0. The van der Waals surface area contributed by atoms with E-state index in [2.05, 4.69) is 30.6 Å². The Kier molecular flexibility index (Phi) is 8.88. The number of nitrogens with zero attached hydrogens (tertiary/aromatic N) is 4. The van der Waals surface area contributed by atoms with Crippen LogP contribution in [-0.4, -0.2) is 45.0 Å². The minimum Gasteiger partial charge on any atom is -0.461 e. The first-order valence-electron chi connectivity index (χ1n) is 10.1. The molecule has 0 aliphatic rings. The maximum atomic E-state index is 11.9. The molecule has 2 aromatic heterocycles. The summed E-state index contributed by atoms with van der Waals surface area (Å²) in [4.78, 5) is 39.9. The highest BCUT2D eigenvalue weighted by molar-refractivity contribution is 5.70. The molecular weight excluding hydrogens is 412 g/mol. The van der Waals surface area contributed by atoms with Gasteiger partial charge in [0.05, 0.1) is 12.8 Å². The average molecular weight is 436 g/mol. The molecule has 0 bridgehead atoms. The van der Waals surface area contributed by atoms with E-state index in [-0.39, 0.29) is 38.0 Å². The third-order valence-corrected chi connectivity index (χ3v) is 4.15. The number of carbonyl (C=O) groups is 2. The molecule has 166 valence electrons. The molecule has 3 rings (SSSR count). The Morgan fingerprint density at radius 2 is 1.12 bits per heavy atom. The highest BCUT2D eigenvalue weighted by atomic mass is 16.5. The van der Waals surface area contributed by atoms with Gasteiger partial charge < -0.3 is 20.1 Å². The summed E-state index contributed by atoms with van der Waals surface area (Å²) in [5, 5.41) is 5.90. The van der Waals surface area contributed by atoms with Crippen molar-refractivity contribution in [2.24, 2.45) is 0 Å². The van der Waals surface area contributed by atoms with Gasteiger partial charge in [-0.2, -0.15) is 0 Å². The van der Waals surface area contributed by atoms with Crippen molar-refractivity contribution in [1.29, 1.82) is 0 Å². The summed E-state index contributed by atoms with van der Waals surface area (Å²) >= 11 is 0. The predicted molar refractivity (Wildman–Crippen MR) is 116 cm³/mol. The van der Waals surface area contributed by atoms with Gasteiger partial charge in [-0.3, -0.25) is 9.59 Å². The molecule has 0 aliphatic heterocycles. The third-order valence-electron chi connectivity index (χ3n) is 4.15. The van der Waals surface area contributed by atoms with Gasteiger partial charge in [-0.15, -0.1) is 0 Å². The smallest absolute Gasteiger partial charge is 0.307 e. The minimum atomic E-state index is -0.333. The topological polar surface area (TPSA) is 128 Å². The maximum absolute atomic E-state index is 11.9. The first-order chi connectivity index (χ1) is 15.7. The molecule has 0 amide bonds. The van der Waals surface area contributed by atoms with Gasteiger partial charge in [0, 0.05) is 37.9 Å². The number of hydrogen-bond acceptors (Lipinski definition) is 10. The van der Waals surface area contributed by atoms with Gasteiger partial charge in [0.15, 0.2) is 0 Å². The quantitative estimate of drug-likeness (QED) is 0.408. The fourth-order valence-electron chi connectivity index (χ4n) is 2.61. The monoisotopic (exact) mass is 436 g/mol. The van der Waals surface area contributed by atoms with E-state index in [0.29, 0.717) is 25.0 Å². The van der Waals surface area contributed by atoms with Crippen molar-refractivity contribution >= 4 is 23.8 Å². The summed E-state index contributed by atoms with van der Waals surface area (Å²) < 4.78 is 10.6. The minimum absolute atomic E-state index is 0.142. The van der Waals surface area contributed by atoms with Gasteiger partial charge in [-0.1, -0.05) is 18.2 Å². The lowest BCUT2D eigenvalue weighted by Crippen LogP contribution is -2.13. The summed E-state index contributed by atoms with van der Waals surface area (Å²) in [6.07, 6.45) is 6.86. The van der Waals surface area contributed by atoms with Gasteiger partial charge >= 0.3 is 11.9 Å².